The van der Waals surface area contributed by atoms with Gasteiger partial charge in [0.25, 0.3) is 8.32 Å². The summed E-state index contributed by atoms with van der Waals surface area (Å²) in [6.45, 7) is 16.8. The van der Waals surface area contributed by atoms with Crippen molar-refractivity contribution in [2.75, 3.05) is 0 Å². The number of hydrogen-bond acceptors (Lipinski definition) is 2. The molecule has 0 fully saturated rings. The van der Waals surface area contributed by atoms with E-state index in [0.717, 1.165) is 18.9 Å². The zero-order valence-corrected chi connectivity index (χ0v) is 16.1. The first-order chi connectivity index (χ1) is 9.85. The van der Waals surface area contributed by atoms with Gasteiger partial charge in [0.1, 0.15) is 0 Å². The van der Waals surface area contributed by atoms with Crippen LogP contribution in [0.5, 0.6) is 0 Å². The quantitative estimate of drug-likeness (QED) is 0.257. The molecule has 0 aromatic rings. The Morgan fingerprint density at radius 2 is 1.57 bits per heavy atom. The van der Waals surface area contributed by atoms with E-state index in [2.05, 4.69) is 41.2 Å². The second-order valence-electron chi connectivity index (χ2n) is 6.55. The zero-order valence-electron chi connectivity index (χ0n) is 15.1. The van der Waals surface area contributed by atoms with Gasteiger partial charge >= 0.3 is 5.97 Å². The van der Waals surface area contributed by atoms with Crippen molar-refractivity contribution in [1.82, 2.24) is 0 Å². The molecule has 0 saturated carbocycles. The average Bonchev–Trinajstić information content (AvgIpc) is 2.48. The van der Waals surface area contributed by atoms with Crippen LogP contribution in [0.2, 0.25) is 17.1 Å². The lowest BCUT2D eigenvalue weighted by Gasteiger charge is -2.40. The molecule has 0 radical (unpaired) electrons. The number of carbonyl (C=O) groups excluding carboxylic acids is 1. The van der Waals surface area contributed by atoms with E-state index in [0.29, 0.717) is 16.7 Å². The van der Waals surface area contributed by atoms with E-state index in [9.17, 15) is 4.79 Å². The largest absolute Gasteiger partial charge is 0.515 e. The van der Waals surface area contributed by atoms with Crippen LogP contribution in [0.15, 0.2) is 12.2 Å². The molecule has 2 unspecified atom stereocenters. The van der Waals surface area contributed by atoms with E-state index < -0.39 is 8.32 Å². The summed E-state index contributed by atoms with van der Waals surface area (Å²) >= 11 is 0. The average molecular weight is 313 g/mol. The van der Waals surface area contributed by atoms with Crippen molar-refractivity contribution < 1.29 is 9.22 Å². The summed E-state index contributed by atoms with van der Waals surface area (Å²) in [6, 6.07) is 1.11. The molecule has 0 N–H and O–H groups in total. The molecular formula is C18H36O2Si. The molecule has 0 rings (SSSR count). The molecule has 0 saturated heterocycles. The maximum atomic E-state index is 12.2. The Morgan fingerprint density at radius 3 is 1.95 bits per heavy atom. The van der Waals surface area contributed by atoms with Crippen molar-refractivity contribution in [1.29, 1.82) is 0 Å². The Balaban J connectivity index is 5.21. The molecule has 0 aliphatic heterocycles. The van der Waals surface area contributed by atoms with Crippen molar-refractivity contribution in [3.05, 3.63) is 12.2 Å². The SMILES string of the molecule is C=C(C)C(=O)O[Si](CCCCCC)(C(C)CC)C(C)CC. The summed E-state index contributed by atoms with van der Waals surface area (Å²) in [5, 5.41) is 0. The second-order valence-corrected chi connectivity index (χ2v) is 11.1. The summed E-state index contributed by atoms with van der Waals surface area (Å²) in [5.74, 6) is -0.169. The molecule has 3 heteroatoms. The topological polar surface area (TPSA) is 26.3 Å². The van der Waals surface area contributed by atoms with E-state index in [1.807, 2.05) is 0 Å². The summed E-state index contributed by atoms with van der Waals surface area (Å²) in [4.78, 5) is 12.2. The Hall–Kier alpha value is -0.573. The van der Waals surface area contributed by atoms with Crippen molar-refractivity contribution in [2.45, 2.75) is 97.2 Å². The van der Waals surface area contributed by atoms with Gasteiger partial charge in [-0.25, -0.2) is 4.79 Å². The lowest BCUT2D eigenvalue weighted by atomic mass is 10.2. The third-order valence-corrected chi connectivity index (χ3v) is 10.8. The minimum absolute atomic E-state index is 0.169. The predicted molar refractivity (Wildman–Crippen MR) is 95.0 cm³/mol. The highest BCUT2D eigenvalue weighted by Gasteiger charge is 2.47. The molecule has 2 nitrogen and oxygen atoms in total. The lowest BCUT2D eigenvalue weighted by Crippen LogP contribution is -2.48. The van der Waals surface area contributed by atoms with Gasteiger partial charge in [-0.05, 0) is 24.1 Å². The summed E-state index contributed by atoms with van der Waals surface area (Å²) in [5.41, 5.74) is 1.56. The zero-order chi connectivity index (χ0) is 16.5. The third kappa shape index (κ3) is 5.97. The Kier molecular flexibility index (Phi) is 9.92. The first kappa shape index (κ1) is 20.4. The van der Waals surface area contributed by atoms with Crippen LogP contribution >= 0.6 is 0 Å². The van der Waals surface area contributed by atoms with Gasteiger partial charge < -0.3 is 4.43 Å². The number of hydrogen-bond donors (Lipinski definition) is 0. The van der Waals surface area contributed by atoms with Gasteiger partial charge in [-0.1, -0.05) is 79.7 Å². The van der Waals surface area contributed by atoms with E-state index in [4.69, 9.17) is 4.43 Å². The number of unbranched alkanes of at least 4 members (excludes halogenated alkanes) is 3. The van der Waals surface area contributed by atoms with Gasteiger partial charge in [0.05, 0.1) is 0 Å². The van der Waals surface area contributed by atoms with Gasteiger partial charge in [-0.2, -0.15) is 0 Å². The third-order valence-electron chi connectivity index (χ3n) is 4.95. The fraction of sp³-hybridized carbons (Fsp3) is 0.833. The van der Waals surface area contributed by atoms with E-state index >= 15 is 0 Å². The molecule has 0 aliphatic carbocycles. The minimum Gasteiger partial charge on any atom is -0.515 e. The van der Waals surface area contributed by atoms with Crippen LogP contribution < -0.4 is 0 Å². The fourth-order valence-corrected chi connectivity index (χ4v) is 8.18. The van der Waals surface area contributed by atoms with Crippen molar-refractivity contribution in [3.8, 4) is 0 Å². The standard InChI is InChI=1S/C18H36O2Si/c1-8-11-12-13-14-21(16(6)9-2,17(7)10-3)20-18(19)15(4)5/h16-17H,4,8-14H2,1-3,5-7H3. The summed E-state index contributed by atoms with van der Waals surface area (Å²) < 4.78 is 6.19. The van der Waals surface area contributed by atoms with Crippen molar-refractivity contribution >= 4 is 14.3 Å². The van der Waals surface area contributed by atoms with Crippen molar-refractivity contribution in [2.24, 2.45) is 0 Å². The van der Waals surface area contributed by atoms with E-state index in [1.54, 1.807) is 6.92 Å². The smallest absolute Gasteiger partial charge is 0.319 e. The predicted octanol–water partition coefficient (Wildman–Crippen LogP) is 6.23. The highest BCUT2D eigenvalue weighted by Crippen LogP contribution is 2.42. The molecular weight excluding hydrogens is 276 g/mol. The van der Waals surface area contributed by atoms with E-state index in [1.165, 1.54) is 25.7 Å². The van der Waals surface area contributed by atoms with Crippen LogP contribution in [0, 0.1) is 0 Å². The summed E-state index contributed by atoms with van der Waals surface area (Å²) in [7, 11) is -2.09. The molecule has 0 spiro atoms. The van der Waals surface area contributed by atoms with Crippen LogP contribution in [-0.2, 0) is 9.22 Å². The number of carbonyl (C=O) groups is 1. The monoisotopic (exact) mass is 312 g/mol. The first-order valence-corrected chi connectivity index (χ1v) is 11.0. The minimum atomic E-state index is -2.09. The van der Waals surface area contributed by atoms with Gasteiger partial charge in [-0.15, -0.1) is 0 Å². The maximum Gasteiger partial charge on any atom is 0.319 e. The van der Waals surface area contributed by atoms with Gasteiger partial charge in [-0.3, -0.25) is 0 Å². The molecule has 0 bridgehead atoms. The first-order valence-electron chi connectivity index (χ1n) is 8.74. The van der Waals surface area contributed by atoms with Crippen LogP contribution in [-0.4, -0.2) is 14.3 Å². The highest BCUT2D eigenvalue weighted by atomic mass is 28.4. The molecule has 2 atom stereocenters. The maximum absolute atomic E-state index is 12.2. The van der Waals surface area contributed by atoms with Crippen LogP contribution in [0.3, 0.4) is 0 Å². The van der Waals surface area contributed by atoms with Gasteiger partial charge in [0.15, 0.2) is 0 Å². The van der Waals surface area contributed by atoms with E-state index in [-0.39, 0.29) is 5.97 Å². The Labute approximate surface area is 133 Å². The molecule has 124 valence electrons. The second kappa shape index (κ2) is 10.2. The highest BCUT2D eigenvalue weighted by molar-refractivity contribution is 6.78. The van der Waals surface area contributed by atoms with Crippen LogP contribution in [0.4, 0.5) is 0 Å². The molecule has 21 heavy (non-hydrogen) atoms. The van der Waals surface area contributed by atoms with Crippen LogP contribution in [0.1, 0.15) is 80.1 Å². The van der Waals surface area contributed by atoms with Gasteiger partial charge in [0.2, 0.25) is 0 Å². The molecule has 0 aromatic carbocycles. The molecule has 0 aromatic heterocycles. The van der Waals surface area contributed by atoms with Crippen molar-refractivity contribution in [3.63, 3.8) is 0 Å². The lowest BCUT2D eigenvalue weighted by molar-refractivity contribution is -0.131. The Bertz CT molecular complexity index is 315. The van der Waals surface area contributed by atoms with Gasteiger partial charge in [0, 0.05) is 5.57 Å². The Morgan fingerprint density at radius 1 is 1.05 bits per heavy atom. The molecule has 0 amide bonds. The molecule has 0 heterocycles. The fourth-order valence-electron chi connectivity index (χ4n) is 3.01. The van der Waals surface area contributed by atoms with Crippen LogP contribution in [0.25, 0.3) is 0 Å². The normalized spacial score (nSPS) is 16.9. The summed E-state index contributed by atoms with van der Waals surface area (Å²) in [6.07, 6.45) is 7.15. The molecule has 0 aliphatic rings. The number of rotatable bonds is 11.